The van der Waals surface area contributed by atoms with Crippen molar-refractivity contribution in [2.75, 3.05) is 11.6 Å². The zero-order valence-electron chi connectivity index (χ0n) is 6.00. The Kier molecular flexibility index (Phi) is 2.93. The van der Waals surface area contributed by atoms with Crippen LogP contribution in [0.3, 0.4) is 0 Å². The third kappa shape index (κ3) is 2.60. The van der Waals surface area contributed by atoms with Gasteiger partial charge in [-0.05, 0) is 18.2 Å². The summed E-state index contributed by atoms with van der Waals surface area (Å²) in [6.45, 7) is 0. The summed E-state index contributed by atoms with van der Waals surface area (Å²) in [4.78, 5) is 4.05. The van der Waals surface area contributed by atoms with E-state index < -0.39 is 0 Å². The van der Waals surface area contributed by atoms with E-state index in [1.54, 1.807) is 18.3 Å². The number of anilines is 1. The van der Waals surface area contributed by atoms with Crippen LogP contribution in [0.1, 0.15) is 5.69 Å². The van der Waals surface area contributed by atoms with Gasteiger partial charge in [0.25, 0.3) is 0 Å². The Morgan fingerprint density at radius 3 is 3.09 bits per heavy atom. The number of nitrogens with zero attached hydrogens (tertiary/aromatic N) is 1. The van der Waals surface area contributed by atoms with Crippen molar-refractivity contribution in [3.05, 3.63) is 30.1 Å². The molecule has 0 saturated heterocycles. The Morgan fingerprint density at radius 2 is 2.45 bits per heavy atom. The molecule has 2 N–H and O–H groups in total. The summed E-state index contributed by atoms with van der Waals surface area (Å²) in [6.07, 6.45) is 5.33. The topological polar surface area (TPSA) is 38.9 Å². The summed E-state index contributed by atoms with van der Waals surface area (Å²) in [7, 11) is 0. The van der Waals surface area contributed by atoms with Gasteiger partial charge in [0.05, 0.1) is 5.69 Å². The molecule has 0 aliphatic heterocycles. The Balaban J connectivity index is 2.79. The molecule has 0 aromatic carbocycles. The van der Waals surface area contributed by atoms with Crippen LogP contribution in [0.15, 0.2) is 24.4 Å². The van der Waals surface area contributed by atoms with Gasteiger partial charge in [0.2, 0.25) is 0 Å². The normalized spacial score (nSPS) is 10.6. The van der Waals surface area contributed by atoms with Gasteiger partial charge in [-0.2, -0.15) is 0 Å². The lowest BCUT2D eigenvalue weighted by molar-refractivity contribution is 1.30. The number of aromatic nitrogens is 1. The maximum Gasteiger partial charge on any atom is 0.0647 e. The highest BCUT2D eigenvalue weighted by Gasteiger charge is 1.87. The van der Waals surface area contributed by atoms with Crippen molar-refractivity contribution < 1.29 is 0 Å². The molecule has 0 amide bonds. The first-order valence-corrected chi connectivity index (χ1v) is 3.80. The zero-order chi connectivity index (χ0) is 8.10. The number of hydrogen-bond donors (Lipinski definition) is 1. The molecule has 0 spiro atoms. The number of nitrogens with two attached hydrogens (primary N) is 1. The largest absolute Gasteiger partial charge is 0.399 e. The highest BCUT2D eigenvalue weighted by atomic mass is 35.5. The number of rotatable bonds is 2. The molecule has 0 radical (unpaired) electrons. The molecule has 3 heteroatoms. The van der Waals surface area contributed by atoms with E-state index in [4.69, 9.17) is 17.3 Å². The van der Waals surface area contributed by atoms with Crippen LogP contribution in [-0.2, 0) is 0 Å². The Bertz CT molecular complexity index is 258. The van der Waals surface area contributed by atoms with E-state index in [1.165, 1.54) is 0 Å². The Labute approximate surface area is 70.7 Å². The van der Waals surface area contributed by atoms with Gasteiger partial charge in [-0.15, -0.1) is 11.6 Å². The smallest absolute Gasteiger partial charge is 0.0647 e. The quantitative estimate of drug-likeness (QED) is 0.686. The van der Waals surface area contributed by atoms with Crippen LogP contribution in [0.25, 0.3) is 6.08 Å². The molecule has 1 aromatic rings. The van der Waals surface area contributed by atoms with Crippen molar-refractivity contribution in [2.45, 2.75) is 0 Å². The minimum absolute atomic E-state index is 0.497. The maximum atomic E-state index is 5.52. The second kappa shape index (κ2) is 3.98. The summed E-state index contributed by atoms with van der Waals surface area (Å²) in [5.41, 5.74) is 7.08. The van der Waals surface area contributed by atoms with Crippen molar-refractivity contribution in [3.8, 4) is 0 Å². The van der Waals surface area contributed by atoms with E-state index in [-0.39, 0.29) is 0 Å². The van der Waals surface area contributed by atoms with Gasteiger partial charge in [-0.1, -0.05) is 6.08 Å². The van der Waals surface area contributed by atoms with Gasteiger partial charge in [0.15, 0.2) is 0 Å². The first kappa shape index (κ1) is 8.08. The number of hydrogen-bond acceptors (Lipinski definition) is 2. The maximum absolute atomic E-state index is 5.52. The van der Waals surface area contributed by atoms with E-state index >= 15 is 0 Å². The van der Waals surface area contributed by atoms with Crippen LogP contribution in [-0.4, -0.2) is 10.9 Å². The predicted molar refractivity (Wildman–Crippen MR) is 48.4 cm³/mol. The highest BCUT2D eigenvalue weighted by Crippen LogP contribution is 2.04. The highest BCUT2D eigenvalue weighted by molar-refractivity contribution is 6.19. The van der Waals surface area contributed by atoms with Crippen molar-refractivity contribution in [1.29, 1.82) is 0 Å². The molecule has 0 aliphatic carbocycles. The van der Waals surface area contributed by atoms with Gasteiger partial charge in [0.1, 0.15) is 0 Å². The summed E-state index contributed by atoms with van der Waals surface area (Å²) in [5.74, 6) is 0.497. The number of nitrogen functional groups attached to an aromatic ring is 1. The standard InChI is InChI=1S/C8H9ClN2/c9-4-1-2-8-6-7(10)3-5-11-8/h1-3,5-6H,4H2,(H2,10,11). The van der Waals surface area contributed by atoms with Crippen molar-refractivity contribution in [2.24, 2.45) is 0 Å². The molecule has 1 rings (SSSR count). The fourth-order valence-corrected chi connectivity index (χ4v) is 0.811. The summed E-state index contributed by atoms with van der Waals surface area (Å²) >= 11 is 5.45. The van der Waals surface area contributed by atoms with Crippen LogP contribution in [0.5, 0.6) is 0 Å². The number of pyridine rings is 1. The molecule has 58 valence electrons. The summed E-state index contributed by atoms with van der Waals surface area (Å²) in [6, 6.07) is 3.54. The number of alkyl halides is 1. The number of halogens is 1. The van der Waals surface area contributed by atoms with Gasteiger partial charge in [-0.25, -0.2) is 0 Å². The van der Waals surface area contributed by atoms with Crippen molar-refractivity contribution >= 4 is 23.4 Å². The van der Waals surface area contributed by atoms with Gasteiger partial charge in [0, 0.05) is 17.8 Å². The van der Waals surface area contributed by atoms with Crippen LogP contribution in [0.2, 0.25) is 0 Å². The molecule has 2 nitrogen and oxygen atoms in total. The van der Waals surface area contributed by atoms with Gasteiger partial charge < -0.3 is 5.73 Å². The molecular formula is C8H9ClN2. The Hall–Kier alpha value is -1.02. The van der Waals surface area contributed by atoms with E-state index in [0.29, 0.717) is 11.6 Å². The molecule has 1 heterocycles. The Morgan fingerprint density at radius 1 is 1.64 bits per heavy atom. The molecule has 1 aromatic heterocycles. The van der Waals surface area contributed by atoms with E-state index in [0.717, 1.165) is 5.69 Å². The average Bonchev–Trinajstić information content (AvgIpc) is 2.01. The molecule has 11 heavy (non-hydrogen) atoms. The first-order chi connectivity index (χ1) is 5.33. The second-order valence-corrected chi connectivity index (χ2v) is 2.38. The van der Waals surface area contributed by atoms with Gasteiger partial charge in [-0.3, -0.25) is 4.98 Å². The lowest BCUT2D eigenvalue weighted by atomic mass is 10.3. The van der Waals surface area contributed by atoms with Crippen LogP contribution >= 0.6 is 11.6 Å². The third-order valence-electron chi connectivity index (χ3n) is 1.18. The van der Waals surface area contributed by atoms with Crippen molar-refractivity contribution in [1.82, 2.24) is 4.98 Å². The minimum atomic E-state index is 0.497. The van der Waals surface area contributed by atoms with Crippen LogP contribution in [0.4, 0.5) is 5.69 Å². The average molecular weight is 169 g/mol. The number of allylic oxidation sites excluding steroid dienone is 1. The second-order valence-electron chi connectivity index (χ2n) is 2.07. The molecule has 0 bridgehead atoms. The lowest BCUT2D eigenvalue weighted by Crippen LogP contribution is -1.86. The lowest BCUT2D eigenvalue weighted by Gasteiger charge is -1.93. The van der Waals surface area contributed by atoms with E-state index in [9.17, 15) is 0 Å². The first-order valence-electron chi connectivity index (χ1n) is 3.27. The molecule has 0 aliphatic rings. The van der Waals surface area contributed by atoms with Gasteiger partial charge >= 0.3 is 0 Å². The minimum Gasteiger partial charge on any atom is -0.399 e. The van der Waals surface area contributed by atoms with E-state index in [2.05, 4.69) is 4.98 Å². The monoisotopic (exact) mass is 168 g/mol. The fraction of sp³-hybridized carbons (Fsp3) is 0.125. The molecular weight excluding hydrogens is 160 g/mol. The molecule has 0 unspecified atom stereocenters. The SMILES string of the molecule is Nc1ccnc(C=CCCl)c1. The fourth-order valence-electron chi connectivity index (χ4n) is 0.722. The van der Waals surface area contributed by atoms with E-state index in [1.807, 2.05) is 12.2 Å². The summed E-state index contributed by atoms with van der Waals surface area (Å²) in [5, 5.41) is 0. The molecule has 0 fully saturated rings. The third-order valence-corrected chi connectivity index (χ3v) is 1.36. The summed E-state index contributed by atoms with van der Waals surface area (Å²) < 4.78 is 0. The van der Waals surface area contributed by atoms with Crippen LogP contribution < -0.4 is 5.73 Å². The molecule has 0 saturated carbocycles. The van der Waals surface area contributed by atoms with Crippen LogP contribution in [0, 0.1) is 0 Å². The predicted octanol–water partition coefficient (Wildman–Crippen LogP) is 1.92. The zero-order valence-corrected chi connectivity index (χ0v) is 6.75. The van der Waals surface area contributed by atoms with Crippen molar-refractivity contribution in [3.63, 3.8) is 0 Å². The molecule has 0 atom stereocenters.